The number of benzene rings is 1. The van der Waals surface area contributed by atoms with Gasteiger partial charge in [-0.1, -0.05) is 20.8 Å². The number of anilines is 1. The van der Waals surface area contributed by atoms with Crippen LogP contribution in [0.25, 0.3) is 22.2 Å². The van der Waals surface area contributed by atoms with E-state index in [1.165, 1.54) is 22.2 Å². The number of carbonyl (C=O) groups excluding carboxylic acids is 2. The lowest BCUT2D eigenvalue weighted by Crippen LogP contribution is -2.65. The first-order valence-electron chi connectivity index (χ1n) is 17.5. The van der Waals surface area contributed by atoms with Crippen LogP contribution in [0.5, 0.6) is 0 Å². The van der Waals surface area contributed by atoms with E-state index in [4.69, 9.17) is 19.2 Å². The number of aryl methyl sites for hydroxylation is 1. The van der Waals surface area contributed by atoms with Gasteiger partial charge in [0.1, 0.15) is 5.16 Å². The lowest BCUT2D eigenvalue weighted by atomic mass is 9.84. The molecule has 2 aromatic heterocycles. The van der Waals surface area contributed by atoms with Crippen molar-refractivity contribution in [3.8, 4) is 11.3 Å². The van der Waals surface area contributed by atoms with Crippen molar-refractivity contribution in [3.05, 3.63) is 47.8 Å². The van der Waals surface area contributed by atoms with E-state index in [0.29, 0.717) is 42.8 Å². The molecule has 2 fully saturated rings. The van der Waals surface area contributed by atoms with Gasteiger partial charge in [0.05, 0.1) is 37.3 Å². The number of methoxy groups -OCH3 is 1. The van der Waals surface area contributed by atoms with Crippen molar-refractivity contribution in [2.24, 2.45) is 5.41 Å². The Kier molecular flexibility index (Phi) is 11.2. The van der Waals surface area contributed by atoms with E-state index in [0.717, 1.165) is 46.7 Å². The number of rotatable bonds is 11. The van der Waals surface area contributed by atoms with Gasteiger partial charge in [-0.05, 0) is 75.9 Å². The summed E-state index contributed by atoms with van der Waals surface area (Å²) in [6, 6.07) is 11.2. The highest BCUT2D eigenvalue weighted by atomic mass is 28.1. The molecule has 2 aliphatic heterocycles. The summed E-state index contributed by atoms with van der Waals surface area (Å²) in [5, 5.41) is 2.04. The zero-order valence-corrected chi connectivity index (χ0v) is 34.4. The zero-order valence-electron chi connectivity index (χ0n) is 30.4. The van der Waals surface area contributed by atoms with Crippen LogP contribution in [0, 0.1) is 5.41 Å². The van der Waals surface area contributed by atoms with E-state index in [2.05, 4.69) is 66.9 Å². The Labute approximate surface area is 291 Å². The number of nitrogens with one attached hydrogen (secondary N) is 1. The number of amides is 1. The van der Waals surface area contributed by atoms with E-state index in [1.807, 2.05) is 26.1 Å². The topological polar surface area (TPSA) is 98.2 Å². The fraction of sp³-hybridized carbons (Fsp3) is 0.583. The molecule has 4 atom stereocenters. The van der Waals surface area contributed by atoms with Crippen LogP contribution in [0.3, 0.4) is 0 Å². The maximum atomic E-state index is 13.7. The smallest absolute Gasteiger partial charge is 0.323 e. The molecule has 262 valence electrons. The van der Waals surface area contributed by atoms with Crippen molar-refractivity contribution in [3.63, 3.8) is 0 Å². The molecule has 1 amide bonds. The number of hydrogen-bond donors (Lipinski definition) is 1. The first-order valence-corrected chi connectivity index (χ1v) is 19.7. The minimum absolute atomic E-state index is 0.00454. The Morgan fingerprint density at radius 2 is 2.00 bits per heavy atom. The number of carbonyl (C=O) groups is 2. The van der Waals surface area contributed by atoms with Gasteiger partial charge in [0.25, 0.3) is 0 Å². The summed E-state index contributed by atoms with van der Waals surface area (Å²) < 4.78 is 20.1. The van der Waals surface area contributed by atoms with Crippen LogP contribution in [-0.4, -0.2) is 98.1 Å². The van der Waals surface area contributed by atoms with Gasteiger partial charge >= 0.3 is 5.97 Å². The molecule has 0 spiro atoms. The van der Waals surface area contributed by atoms with Crippen LogP contribution in [0.15, 0.2) is 36.5 Å². The SMILES string of the molecule is CCn1c(-c2cccnc2[C@H](C)OC)c(CC(C)(C)COC(=O)[C@@]2([SiH3])CCCN(C(=O)[C@H](C)[SiH3])N2)c2cc(N3CCOC[C@H]3C)ccc21. The Morgan fingerprint density at radius 3 is 2.69 bits per heavy atom. The van der Waals surface area contributed by atoms with Crippen LogP contribution in [0.2, 0.25) is 5.54 Å². The minimum Gasteiger partial charge on any atom is -0.464 e. The predicted octanol–water partition coefficient (Wildman–Crippen LogP) is 3.13. The number of hydrazine groups is 1. The number of ether oxygens (including phenoxy) is 3. The molecule has 0 saturated carbocycles. The Hall–Kier alpha value is -3.04. The molecule has 3 aromatic rings. The van der Waals surface area contributed by atoms with Crippen molar-refractivity contribution < 1.29 is 23.8 Å². The highest BCUT2D eigenvalue weighted by molar-refractivity contribution is 6.27. The maximum absolute atomic E-state index is 13.7. The second-order valence-corrected chi connectivity index (χ2v) is 18.3. The van der Waals surface area contributed by atoms with Crippen molar-refractivity contribution >= 4 is 49.0 Å². The molecule has 2 aliphatic rings. The van der Waals surface area contributed by atoms with Crippen LogP contribution >= 0.6 is 0 Å². The predicted molar refractivity (Wildman–Crippen MR) is 198 cm³/mol. The van der Waals surface area contributed by atoms with Crippen molar-refractivity contribution in [2.45, 2.75) is 90.2 Å². The van der Waals surface area contributed by atoms with Gasteiger partial charge in [-0.25, -0.2) is 5.43 Å². The average molecular weight is 694 g/mol. The van der Waals surface area contributed by atoms with Crippen LogP contribution in [0.1, 0.15) is 71.7 Å². The van der Waals surface area contributed by atoms with E-state index >= 15 is 0 Å². The summed E-state index contributed by atoms with van der Waals surface area (Å²) in [5.41, 5.74) is 9.54. The molecule has 4 heterocycles. The molecule has 0 radical (unpaired) electrons. The van der Waals surface area contributed by atoms with Gasteiger partial charge in [-0.3, -0.25) is 19.6 Å². The number of fused-ring (bicyclic) bond motifs is 1. The van der Waals surface area contributed by atoms with Crippen molar-refractivity contribution in [2.75, 3.05) is 44.9 Å². The van der Waals surface area contributed by atoms with Gasteiger partial charge in [0.15, 0.2) is 0 Å². The van der Waals surface area contributed by atoms with E-state index < -0.39 is 5.16 Å². The Morgan fingerprint density at radius 1 is 1.23 bits per heavy atom. The number of morpholine rings is 1. The summed E-state index contributed by atoms with van der Waals surface area (Å²) in [6.45, 7) is 16.7. The molecule has 0 aliphatic carbocycles. The quantitative estimate of drug-likeness (QED) is 0.242. The maximum Gasteiger partial charge on any atom is 0.323 e. The first kappa shape index (κ1) is 36.2. The summed E-state index contributed by atoms with van der Waals surface area (Å²) in [5.74, 6) is -0.193. The molecule has 1 aromatic carbocycles. The van der Waals surface area contributed by atoms with Gasteiger partial charge in [-0.15, -0.1) is 0 Å². The Balaban J connectivity index is 1.52. The third kappa shape index (κ3) is 7.42. The van der Waals surface area contributed by atoms with Gasteiger partial charge < -0.3 is 23.7 Å². The fourth-order valence-electron chi connectivity index (χ4n) is 7.14. The number of esters is 1. The lowest BCUT2D eigenvalue weighted by Gasteiger charge is -2.41. The number of pyridine rings is 1. The Bertz CT molecular complexity index is 1630. The molecule has 2 saturated heterocycles. The zero-order chi connectivity index (χ0) is 34.8. The second-order valence-electron chi connectivity index (χ2n) is 14.8. The van der Waals surface area contributed by atoms with E-state index in [-0.39, 0.29) is 41.6 Å². The summed E-state index contributed by atoms with van der Waals surface area (Å²) in [6.07, 6.45) is 3.78. The van der Waals surface area contributed by atoms with Crippen LogP contribution in [0.4, 0.5) is 5.69 Å². The molecule has 12 heteroatoms. The highest BCUT2D eigenvalue weighted by Gasteiger charge is 2.41. The lowest BCUT2D eigenvalue weighted by molar-refractivity contribution is -0.157. The average Bonchev–Trinajstić information content (AvgIpc) is 3.38. The third-order valence-electron chi connectivity index (χ3n) is 9.90. The monoisotopic (exact) mass is 693 g/mol. The second kappa shape index (κ2) is 14.8. The minimum atomic E-state index is -0.811. The molecular formula is C36H55N5O5Si2. The molecule has 1 N–H and O–H groups in total. The number of nitrogens with zero attached hydrogens (tertiary/aromatic N) is 4. The van der Waals surface area contributed by atoms with Gasteiger partial charge in [-0.2, -0.15) is 0 Å². The number of hydrogen-bond acceptors (Lipinski definition) is 8. The van der Waals surface area contributed by atoms with Gasteiger partial charge in [0, 0.05) is 92.6 Å². The van der Waals surface area contributed by atoms with Crippen LogP contribution < -0.4 is 10.3 Å². The first-order chi connectivity index (χ1) is 22.8. The highest BCUT2D eigenvalue weighted by Crippen LogP contribution is 2.42. The van der Waals surface area contributed by atoms with E-state index in [9.17, 15) is 9.59 Å². The van der Waals surface area contributed by atoms with Gasteiger partial charge in [0.2, 0.25) is 5.91 Å². The number of aromatic nitrogens is 2. The van der Waals surface area contributed by atoms with Crippen molar-refractivity contribution in [1.29, 1.82) is 0 Å². The molecular weight excluding hydrogens is 639 g/mol. The molecule has 0 bridgehead atoms. The third-order valence-corrected chi connectivity index (χ3v) is 11.5. The largest absolute Gasteiger partial charge is 0.464 e. The van der Waals surface area contributed by atoms with Crippen molar-refractivity contribution in [1.82, 2.24) is 20.0 Å². The molecule has 5 rings (SSSR count). The fourth-order valence-corrected chi connectivity index (χ4v) is 8.22. The standard InChI is InChI=1S/C36H55N5O5Si2/c1-8-39-30-13-12-26(40-17-18-45-21-23(40)2)19-28(30)29(32(39)27-11-9-15-37-31(27)24(3)44-7)20-35(5,6)22-46-34(43)36(48)14-10-16-41(38-36)33(42)25(4)47/h9,11-13,15,19,23-25,38H,8,10,14,16-18,20-22H2,1-7,47-48H3/t23-,24+,25+,36+/m1/s1. The summed E-state index contributed by atoms with van der Waals surface area (Å²) in [4.78, 5) is 33.7. The molecule has 10 nitrogen and oxygen atoms in total. The molecule has 48 heavy (non-hydrogen) atoms. The summed E-state index contributed by atoms with van der Waals surface area (Å²) >= 11 is 0. The molecule has 0 unspecified atom stereocenters. The van der Waals surface area contributed by atoms with E-state index in [1.54, 1.807) is 12.1 Å². The van der Waals surface area contributed by atoms with Crippen LogP contribution in [-0.2, 0) is 36.8 Å². The summed E-state index contributed by atoms with van der Waals surface area (Å²) in [7, 11) is 3.04. The normalized spacial score (nSPS) is 21.9.